The van der Waals surface area contributed by atoms with Crippen molar-refractivity contribution in [2.24, 2.45) is 0 Å². The standard InChI is InChI=1S/C2H4FO/c3-1-2-4/h1,4H,2H2. The number of hydrogen-bond donors (Lipinski definition) is 1. The molecule has 0 amide bonds. The Labute approximate surface area is 24.1 Å². The third kappa shape index (κ3) is 1.89. The number of halogens is 1. The predicted octanol–water partition coefficient (Wildman–Crippen LogP) is 0.110. The van der Waals surface area contributed by atoms with Crippen molar-refractivity contribution in [2.45, 2.75) is 0 Å². The zero-order valence-corrected chi connectivity index (χ0v) is 2.11. The zero-order valence-electron chi connectivity index (χ0n) is 2.11. The Bertz CT molecular complexity index is 8.00. The summed E-state index contributed by atoms with van der Waals surface area (Å²) in [5, 5.41) is 7.44. The Morgan fingerprint density at radius 2 is 2.25 bits per heavy atom. The van der Waals surface area contributed by atoms with E-state index in [4.69, 9.17) is 5.11 Å². The van der Waals surface area contributed by atoms with Crippen molar-refractivity contribution in [3.63, 3.8) is 0 Å². The van der Waals surface area contributed by atoms with Crippen LogP contribution < -0.4 is 0 Å². The Morgan fingerprint density at radius 1 is 2.00 bits per heavy atom. The quantitative estimate of drug-likeness (QED) is 0.458. The van der Waals surface area contributed by atoms with Gasteiger partial charge in [-0.25, -0.2) is 4.39 Å². The molecule has 0 unspecified atom stereocenters. The molecule has 0 bridgehead atoms. The lowest BCUT2D eigenvalue weighted by Gasteiger charge is -1.64. The monoisotopic (exact) mass is 63.0 g/mol. The normalized spacial score (nSPS) is 7.50. The molecular formula is C2H4FO. The van der Waals surface area contributed by atoms with Gasteiger partial charge in [0.05, 0.1) is 6.61 Å². The molecule has 1 radical (unpaired) electrons. The molecule has 0 aromatic heterocycles. The largest absolute Gasteiger partial charge is 0.393 e. The summed E-state index contributed by atoms with van der Waals surface area (Å²) >= 11 is 0. The highest BCUT2D eigenvalue weighted by atomic mass is 19.1. The van der Waals surface area contributed by atoms with Crippen LogP contribution in [0.15, 0.2) is 0 Å². The second-order valence-electron chi connectivity index (χ2n) is 0.337. The molecule has 0 aliphatic heterocycles. The van der Waals surface area contributed by atoms with Crippen LogP contribution in [0.5, 0.6) is 0 Å². The predicted molar refractivity (Wildman–Crippen MR) is 12.5 cm³/mol. The van der Waals surface area contributed by atoms with Crippen LogP contribution in [0.3, 0.4) is 0 Å². The Balaban J connectivity index is 1.97. The van der Waals surface area contributed by atoms with Crippen LogP contribution in [-0.4, -0.2) is 11.7 Å². The third-order valence-electron chi connectivity index (χ3n) is 0.0690. The van der Waals surface area contributed by atoms with Gasteiger partial charge in [0.25, 0.3) is 0 Å². The van der Waals surface area contributed by atoms with Gasteiger partial charge in [-0.3, -0.25) is 0 Å². The molecule has 1 nitrogen and oxygen atoms in total. The highest BCUT2D eigenvalue weighted by Gasteiger charge is 1.63. The third-order valence-corrected chi connectivity index (χ3v) is 0.0690. The van der Waals surface area contributed by atoms with Crippen molar-refractivity contribution in [2.75, 3.05) is 6.61 Å². The summed E-state index contributed by atoms with van der Waals surface area (Å²) < 4.78 is 10.3. The van der Waals surface area contributed by atoms with E-state index in [0.29, 0.717) is 0 Å². The Kier molecular flexibility index (Phi) is 2.81. The van der Waals surface area contributed by atoms with Crippen molar-refractivity contribution in [3.8, 4) is 0 Å². The lowest BCUT2D eigenvalue weighted by molar-refractivity contribution is 0.292. The molecule has 0 aromatic carbocycles. The van der Waals surface area contributed by atoms with Gasteiger partial charge in [0.1, 0.15) is 0 Å². The molecule has 0 spiro atoms. The van der Waals surface area contributed by atoms with E-state index in [1.165, 1.54) is 0 Å². The first-order valence-corrected chi connectivity index (χ1v) is 0.943. The van der Waals surface area contributed by atoms with E-state index in [9.17, 15) is 4.39 Å². The van der Waals surface area contributed by atoms with Crippen LogP contribution in [0.25, 0.3) is 0 Å². The van der Waals surface area contributed by atoms with E-state index < -0.39 is 6.61 Å². The SMILES string of the molecule is OC[CH]F. The fourth-order valence-electron chi connectivity index (χ4n) is 0. The Hall–Kier alpha value is -0.110. The number of aliphatic hydroxyl groups is 1. The molecule has 0 heterocycles. The second kappa shape index (κ2) is 2.89. The van der Waals surface area contributed by atoms with Gasteiger partial charge in [0, 0.05) is 0 Å². The van der Waals surface area contributed by atoms with Gasteiger partial charge < -0.3 is 5.11 Å². The zero-order chi connectivity index (χ0) is 3.41. The van der Waals surface area contributed by atoms with Crippen molar-refractivity contribution in [1.82, 2.24) is 0 Å². The van der Waals surface area contributed by atoms with Gasteiger partial charge >= 0.3 is 0 Å². The molecule has 25 valence electrons. The van der Waals surface area contributed by atoms with Crippen LogP contribution in [0.4, 0.5) is 4.39 Å². The summed E-state index contributed by atoms with van der Waals surface area (Å²) in [5.41, 5.74) is 0. The van der Waals surface area contributed by atoms with Crippen molar-refractivity contribution in [1.29, 1.82) is 0 Å². The minimum absolute atomic E-state index is 0.181. The molecule has 0 rings (SSSR count). The average Bonchev–Trinajstić information content (AvgIpc) is 1.37. The summed E-state index contributed by atoms with van der Waals surface area (Å²) in [4.78, 5) is 0. The van der Waals surface area contributed by atoms with Gasteiger partial charge in [-0.15, -0.1) is 0 Å². The summed E-state index contributed by atoms with van der Waals surface area (Å²) in [7, 11) is 0. The van der Waals surface area contributed by atoms with Gasteiger partial charge in [0.15, 0.2) is 6.67 Å². The molecular weight excluding hydrogens is 59.0 g/mol. The van der Waals surface area contributed by atoms with E-state index >= 15 is 0 Å². The van der Waals surface area contributed by atoms with E-state index in [1.54, 1.807) is 0 Å². The molecule has 0 aromatic rings. The maximum atomic E-state index is 10.3. The molecule has 4 heavy (non-hydrogen) atoms. The summed E-state index contributed by atoms with van der Waals surface area (Å²) in [5.74, 6) is 0. The van der Waals surface area contributed by atoms with Gasteiger partial charge in [-0.1, -0.05) is 0 Å². The van der Waals surface area contributed by atoms with E-state index in [-0.39, 0.29) is 6.67 Å². The fraction of sp³-hybridized carbons (Fsp3) is 0.500. The number of aliphatic hydroxyl groups excluding tert-OH is 1. The molecule has 0 saturated heterocycles. The van der Waals surface area contributed by atoms with Crippen molar-refractivity contribution in [3.05, 3.63) is 6.67 Å². The van der Waals surface area contributed by atoms with Crippen molar-refractivity contribution >= 4 is 0 Å². The van der Waals surface area contributed by atoms with Gasteiger partial charge in [0.2, 0.25) is 0 Å². The minimum Gasteiger partial charge on any atom is -0.393 e. The molecule has 0 saturated carbocycles. The van der Waals surface area contributed by atoms with Crippen LogP contribution >= 0.6 is 0 Å². The van der Waals surface area contributed by atoms with Crippen LogP contribution in [0, 0.1) is 6.67 Å². The average molecular weight is 63.1 g/mol. The van der Waals surface area contributed by atoms with E-state index in [2.05, 4.69) is 0 Å². The van der Waals surface area contributed by atoms with E-state index in [0.717, 1.165) is 0 Å². The summed E-state index contributed by atoms with van der Waals surface area (Å²) in [6.07, 6.45) is 0. The maximum Gasteiger partial charge on any atom is 0.156 e. The number of hydrogen-bond acceptors (Lipinski definition) is 1. The topological polar surface area (TPSA) is 20.2 Å². The molecule has 0 aliphatic carbocycles. The highest BCUT2D eigenvalue weighted by Crippen LogP contribution is 1.65. The Morgan fingerprint density at radius 3 is 2.25 bits per heavy atom. The summed E-state index contributed by atoms with van der Waals surface area (Å²) in [6, 6.07) is 0. The van der Waals surface area contributed by atoms with Crippen LogP contribution in [0.1, 0.15) is 0 Å². The van der Waals surface area contributed by atoms with Crippen molar-refractivity contribution < 1.29 is 9.50 Å². The minimum atomic E-state index is -0.472. The van der Waals surface area contributed by atoms with Gasteiger partial charge in [-0.2, -0.15) is 0 Å². The lowest BCUT2D eigenvalue weighted by atomic mass is 10.9. The first-order chi connectivity index (χ1) is 1.91. The van der Waals surface area contributed by atoms with Gasteiger partial charge in [-0.05, 0) is 0 Å². The lowest BCUT2D eigenvalue weighted by Crippen LogP contribution is -1.69. The fourth-order valence-corrected chi connectivity index (χ4v) is 0. The summed E-state index contributed by atoms with van der Waals surface area (Å²) in [6.45, 7) is -0.292. The first-order valence-electron chi connectivity index (χ1n) is 0.943. The smallest absolute Gasteiger partial charge is 0.156 e. The van der Waals surface area contributed by atoms with Crippen LogP contribution in [-0.2, 0) is 0 Å². The molecule has 0 atom stereocenters. The molecule has 0 fully saturated rings. The molecule has 0 aliphatic rings. The van der Waals surface area contributed by atoms with E-state index in [1.807, 2.05) is 0 Å². The molecule has 2 heteroatoms. The molecule has 1 N–H and O–H groups in total. The van der Waals surface area contributed by atoms with Crippen LogP contribution in [0.2, 0.25) is 0 Å². The first kappa shape index (κ1) is 3.89. The second-order valence-corrected chi connectivity index (χ2v) is 0.337. The highest BCUT2D eigenvalue weighted by molar-refractivity contribution is 4.33. The maximum absolute atomic E-state index is 10.3. The number of rotatable bonds is 1.